The summed E-state index contributed by atoms with van der Waals surface area (Å²) in [5.41, 5.74) is 1.53. The van der Waals surface area contributed by atoms with Crippen molar-refractivity contribution >= 4 is 0 Å². The normalized spacial score (nSPS) is 15.4. The molecule has 0 bridgehead atoms. The summed E-state index contributed by atoms with van der Waals surface area (Å²) in [4.78, 5) is 0. The van der Waals surface area contributed by atoms with Crippen LogP contribution in [0.5, 0.6) is 5.75 Å². The van der Waals surface area contributed by atoms with E-state index in [1.54, 1.807) is 0 Å². The van der Waals surface area contributed by atoms with Crippen molar-refractivity contribution in [1.29, 1.82) is 0 Å². The Labute approximate surface area is 105 Å². The van der Waals surface area contributed by atoms with Crippen LogP contribution < -0.4 is 10.1 Å². The summed E-state index contributed by atoms with van der Waals surface area (Å²) in [6, 6.07) is 8.74. The average Bonchev–Trinajstić information content (AvgIpc) is 2.27. The first-order chi connectivity index (χ1) is 7.84. The van der Waals surface area contributed by atoms with Crippen molar-refractivity contribution in [2.75, 3.05) is 7.05 Å². The van der Waals surface area contributed by atoms with E-state index in [0.29, 0.717) is 6.04 Å². The van der Waals surface area contributed by atoms with E-state index in [4.69, 9.17) is 4.74 Å². The van der Waals surface area contributed by atoms with Gasteiger partial charge >= 0.3 is 0 Å². The van der Waals surface area contributed by atoms with E-state index in [1.807, 2.05) is 7.05 Å². The van der Waals surface area contributed by atoms with Gasteiger partial charge in [-0.25, -0.2) is 0 Å². The van der Waals surface area contributed by atoms with Gasteiger partial charge in [0.25, 0.3) is 0 Å². The van der Waals surface area contributed by atoms with Crippen molar-refractivity contribution in [1.82, 2.24) is 5.32 Å². The Balaban J connectivity index is 2.69. The zero-order valence-corrected chi connectivity index (χ0v) is 11.9. The number of nitrogens with one attached hydrogen (secondary N) is 1. The summed E-state index contributed by atoms with van der Waals surface area (Å²) in [5, 5.41) is 3.20. The van der Waals surface area contributed by atoms with Gasteiger partial charge in [0, 0.05) is 6.04 Å². The molecule has 0 radical (unpaired) electrons. The van der Waals surface area contributed by atoms with Crippen LogP contribution in [0.4, 0.5) is 0 Å². The lowest BCUT2D eigenvalue weighted by molar-refractivity contribution is 0.182. The minimum absolute atomic E-state index is 0.167. The van der Waals surface area contributed by atoms with Gasteiger partial charge < -0.3 is 10.1 Å². The third kappa shape index (κ3) is 4.04. The first-order valence-electron chi connectivity index (χ1n) is 6.29. The fraction of sp³-hybridized carbons (Fsp3) is 0.600. The predicted molar refractivity (Wildman–Crippen MR) is 73.8 cm³/mol. The molecule has 0 aliphatic rings. The summed E-state index contributed by atoms with van der Waals surface area (Å²) >= 11 is 0. The van der Waals surface area contributed by atoms with Crippen LogP contribution >= 0.6 is 0 Å². The number of benzene rings is 1. The lowest BCUT2D eigenvalue weighted by Gasteiger charge is -2.22. The Hall–Kier alpha value is -1.02. The molecule has 1 aromatic rings. The first kappa shape index (κ1) is 14.0. The maximum absolute atomic E-state index is 5.87. The second kappa shape index (κ2) is 5.54. The van der Waals surface area contributed by atoms with Gasteiger partial charge in [-0.2, -0.15) is 0 Å². The fourth-order valence-electron chi connectivity index (χ4n) is 1.58. The highest BCUT2D eigenvalue weighted by atomic mass is 16.5. The zero-order chi connectivity index (χ0) is 13.1. The van der Waals surface area contributed by atoms with Gasteiger partial charge in [0.1, 0.15) is 11.9 Å². The zero-order valence-electron chi connectivity index (χ0n) is 11.9. The Kier molecular flexibility index (Phi) is 4.58. The molecule has 0 saturated heterocycles. The van der Waals surface area contributed by atoms with Crippen LogP contribution in [-0.2, 0) is 5.41 Å². The highest BCUT2D eigenvalue weighted by Crippen LogP contribution is 2.24. The molecule has 0 spiro atoms. The van der Waals surface area contributed by atoms with Gasteiger partial charge in [0.15, 0.2) is 0 Å². The van der Waals surface area contributed by atoms with E-state index in [9.17, 15) is 0 Å². The Morgan fingerprint density at radius 3 is 2.00 bits per heavy atom. The minimum Gasteiger partial charge on any atom is -0.489 e. The number of hydrogen-bond acceptors (Lipinski definition) is 2. The van der Waals surface area contributed by atoms with E-state index < -0.39 is 0 Å². The number of hydrogen-bond donors (Lipinski definition) is 1. The Morgan fingerprint density at radius 2 is 1.59 bits per heavy atom. The van der Waals surface area contributed by atoms with Crippen molar-refractivity contribution in [2.24, 2.45) is 0 Å². The van der Waals surface area contributed by atoms with Crippen LogP contribution in [0.3, 0.4) is 0 Å². The number of likely N-dealkylation sites (N-methyl/N-ethyl adjacent to an activating group) is 1. The SMILES string of the molecule is CNC(C)C(C)Oc1ccc(C(C)(C)C)cc1. The van der Waals surface area contributed by atoms with Crippen LogP contribution in [0.15, 0.2) is 24.3 Å². The second-order valence-corrected chi connectivity index (χ2v) is 5.67. The maximum Gasteiger partial charge on any atom is 0.119 e. The van der Waals surface area contributed by atoms with Crippen LogP contribution in [-0.4, -0.2) is 19.2 Å². The molecule has 1 rings (SSSR count). The molecule has 17 heavy (non-hydrogen) atoms. The molecule has 0 heterocycles. The van der Waals surface area contributed by atoms with E-state index >= 15 is 0 Å². The molecule has 0 aromatic heterocycles. The third-order valence-corrected chi connectivity index (χ3v) is 3.20. The molecule has 1 N–H and O–H groups in total. The molecule has 0 saturated carbocycles. The largest absolute Gasteiger partial charge is 0.489 e. The molecular formula is C15H25NO. The number of rotatable bonds is 4. The first-order valence-corrected chi connectivity index (χ1v) is 6.29. The summed E-state index contributed by atoms with van der Waals surface area (Å²) < 4.78 is 5.87. The molecule has 96 valence electrons. The van der Waals surface area contributed by atoms with Crippen LogP contribution in [0.25, 0.3) is 0 Å². The van der Waals surface area contributed by atoms with E-state index in [0.717, 1.165) is 5.75 Å². The molecule has 1 aromatic carbocycles. The van der Waals surface area contributed by atoms with Crippen molar-refractivity contribution in [3.8, 4) is 5.75 Å². The van der Waals surface area contributed by atoms with Crippen molar-refractivity contribution in [2.45, 2.75) is 52.2 Å². The second-order valence-electron chi connectivity index (χ2n) is 5.67. The molecule has 2 heteroatoms. The standard InChI is InChI=1S/C15H25NO/c1-11(16-6)12(2)17-14-9-7-13(8-10-14)15(3,4)5/h7-12,16H,1-6H3. The Bertz CT molecular complexity index is 337. The minimum atomic E-state index is 0.167. The summed E-state index contributed by atoms with van der Waals surface area (Å²) in [7, 11) is 1.95. The highest BCUT2D eigenvalue weighted by molar-refractivity contribution is 5.31. The van der Waals surface area contributed by atoms with E-state index in [2.05, 4.69) is 64.2 Å². The van der Waals surface area contributed by atoms with Gasteiger partial charge in [-0.05, 0) is 44.0 Å². The quantitative estimate of drug-likeness (QED) is 0.864. The monoisotopic (exact) mass is 235 g/mol. The van der Waals surface area contributed by atoms with Crippen LogP contribution in [0.1, 0.15) is 40.2 Å². The highest BCUT2D eigenvalue weighted by Gasteiger charge is 2.14. The topological polar surface area (TPSA) is 21.3 Å². The van der Waals surface area contributed by atoms with Crippen molar-refractivity contribution in [3.05, 3.63) is 29.8 Å². The van der Waals surface area contributed by atoms with Crippen molar-refractivity contribution in [3.63, 3.8) is 0 Å². The lowest BCUT2D eigenvalue weighted by Crippen LogP contribution is -2.36. The van der Waals surface area contributed by atoms with Crippen LogP contribution in [0.2, 0.25) is 0 Å². The van der Waals surface area contributed by atoms with Gasteiger partial charge in [0.05, 0.1) is 0 Å². The van der Waals surface area contributed by atoms with Gasteiger partial charge in [-0.3, -0.25) is 0 Å². The molecule has 0 amide bonds. The molecular weight excluding hydrogens is 210 g/mol. The summed E-state index contributed by atoms with van der Waals surface area (Å²) in [6.45, 7) is 10.9. The summed E-state index contributed by atoms with van der Waals surface area (Å²) in [6.07, 6.45) is 0.167. The fourth-order valence-corrected chi connectivity index (χ4v) is 1.58. The average molecular weight is 235 g/mol. The third-order valence-electron chi connectivity index (χ3n) is 3.20. The van der Waals surface area contributed by atoms with Gasteiger partial charge in [0.2, 0.25) is 0 Å². The van der Waals surface area contributed by atoms with Crippen molar-refractivity contribution < 1.29 is 4.74 Å². The molecule has 2 atom stereocenters. The molecule has 2 unspecified atom stereocenters. The van der Waals surface area contributed by atoms with E-state index in [-0.39, 0.29) is 11.5 Å². The number of ether oxygens (including phenoxy) is 1. The van der Waals surface area contributed by atoms with E-state index in [1.165, 1.54) is 5.56 Å². The summed E-state index contributed by atoms with van der Waals surface area (Å²) in [5.74, 6) is 0.938. The predicted octanol–water partition coefficient (Wildman–Crippen LogP) is 3.36. The van der Waals surface area contributed by atoms with Gasteiger partial charge in [-0.1, -0.05) is 32.9 Å². The van der Waals surface area contributed by atoms with Gasteiger partial charge in [-0.15, -0.1) is 0 Å². The lowest BCUT2D eigenvalue weighted by atomic mass is 9.87. The maximum atomic E-state index is 5.87. The molecule has 0 aliphatic heterocycles. The molecule has 0 fully saturated rings. The van der Waals surface area contributed by atoms with Crippen LogP contribution in [0, 0.1) is 0 Å². The molecule has 2 nitrogen and oxygen atoms in total. The molecule has 0 aliphatic carbocycles. The smallest absolute Gasteiger partial charge is 0.119 e. The Morgan fingerprint density at radius 1 is 1.06 bits per heavy atom.